The molecule has 0 saturated carbocycles. The van der Waals surface area contributed by atoms with Gasteiger partial charge < -0.3 is 24.4 Å². The molecule has 1 saturated heterocycles. The van der Waals surface area contributed by atoms with E-state index in [9.17, 15) is 0 Å². The third kappa shape index (κ3) is 6.26. The standard InChI is InChI=1S/C26H28Cl2N2O3/c1-2-32-26-15-19(7-10-25(26)33-18-20-5-3-4-6-22(20)27)17-29-21-8-9-24(23(28)16-21)30-11-13-31-14-12-30/h3-10,15-16,29H,2,11-14,17-18H2,1H3. The van der Waals surface area contributed by atoms with Crippen LogP contribution in [0.3, 0.4) is 0 Å². The number of nitrogens with one attached hydrogen (secondary N) is 1. The van der Waals surface area contributed by atoms with E-state index in [0.717, 1.165) is 53.8 Å². The molecule has 0 unspecified atom stereocenters. The molecular formula is C26H28Cl2N2O3. The number of morpholine rings is 1. The van der Waals surface area contributed by atoms with Crippen molar-refractivity contribution in [2.45, 2.75) is 20.1 Å². The van der Waals surface area contributed by atoms with Crippen molar-refractivity contribution in [1.29, 1.82) is 0 Å². The SMILES string of the molecule is CCOc1cc(CNc2ccc(N3CCOCC3)c(Cl)c2)ccc1OCc1ccccc1Cl. The molecule has 7 heteroatoms. The Balaban J connectivity index is 1.40. The highest BCUT2D eigenvalue weighted by Crippen LogP contribution is 2.32. The van der Waals surface area contributed by atoms with E-state index in [4.69, 9.17) is 37.4 Å². The van der Waals surface area contributed by atoms with E-state index in [1.165, 1.54) is 0 Å². The minimum atomic E-state index is 0.380. The first-order valence-corrected chi connectivity index (χ1v) is 11.9. The monoisotopic (exact) mass is 486 g/mol. The summed E-state index contributed by atoms with van der Waals surface area (Å²) in [6.45, 7) is 6.71. The van der Waals surface area contributed by atoms with E-state index < -0.39 is 0 Å². The predicted molar refractivity (Wildman–Crippen MR) is 135 cm³/mol. The first-order chi connectivity index (χ1) is 16.1. The van der Waals surface area contributed by atoms with Crippen LogP contribution in [0.25, 0.3) is 0 Å². The third-order valence-corrected chi connectivity index (χ3v) is 6.12. The normalized spacial score (nSPS) is 13.6. The van der Waals surface area contributed by atoms with Gasteiger partial charge in [0.15, 0.2) is 11.5 Å². The van der Waals surface area contributed by atoms with Crippen LogP contribution < -0.4 is 19.7 Å². The maximum absolute atomic E-state index is 6.56. The minimum absolute atomic E-state index is 0.380. The molecule has 0 aliphatic carbocycles. The van der Waals surface area contributed by atoms with Crippen LogP contribution in [0.5, 0.6) is 11.5 Å². The summed E-state index contributed by atoms with van der Waals surface area (Å²) in [6, 6.07) is 19.7. The summed E-state index contributed by atoms with van der Waals surface area (Å²) in [4.78, 5) is 2.26. The number of benzene rings is 3. The number of hydrogen-bond acceptors (Lipinski definition) is 5. The van der Waals surface area contributed by atoms with Crippen LogP contribution >= 0.6 is 23.2 Å². The van der Waals surface area contributed by atoms with E-state index in [0.29, 0.717) is 36.3 Å². The highest BCUT2D eigenvalue weighted by atomic mass is 35.5. The molecule has 33 heavy (non-hydrogen) atoms. The second-order valence-electron chi connectivity index (χ2n) is 7.71. The largest absolute Gasteiger partial charge is 0.490 e. The Bertz CT molecular complexity index is 1070. The molecule has 1 aliphatic rings. The second-order valence-corrected chi connectivity index (χ2v) is 8.53. The van der Waals surface area contributed by atoms with E-state index in [2.05, 4.69) is 22.3 Å². The first-order valence-electron chi connectivity index (χ1n) is 11.1. The van der Waals surface area contributed by atoms with Gasteiger partial charge in [0.1, 0.15) is 6.61 Å². The van der Waals surface area contributed by atoms with Crippen molar-refractivity contribution in [1.82, 2.24) is 0 Å². The zero-order valence-corrected chi connectivity index (χ0v) is 20.2. The van der Waals surface area contributed by atoms with Gasteiger partial charge in [-0.25, -0.2) is 0 Å². The van der Waals surface area contributed by atoms with Crippen molar-refractivity contribution in [2.24, 2.45) is 0 Å². The van der Waals surface area contributed by atoms with E-state index in [-0.39, 0.29) is 0 Å². The molecule has 0 radical (unpaired) electrons. The average molecular weight is 487 g/mol. The second kappa shape index (κ2) is 11.5. The van der Waals surface area contributed by atoms with Gasteiger partial charge in [-0.1, -0.05) is 47.5 Å². The molecule has 0 spiro atoms. The summed E-state index contributed by atoms with van der Waals surface area (Å²) in [7, 11) is 0. The van der Waals surface area contributed by atoms with Gasteiger partial charge >= 0.3 is 0 Å². The lowest BCUT2D eigenvalue weighted by Gasteiger charge is -2.29. The van der Waals surface area contributed by atoms with Gasteiger partial charge in [-0.2, -0.15) is 0 Å². The summed E-state index contributed by atoms with van der Waals surface area (Å²) in [5, 5.41) is 4.87. The van der Waals surface area contributed by atoms with Crippen LogP contribution in [0.15, 0.2) is 60.7 Å². The number of rotatable bonds is 9. The Kier molecular flexibility index (Phi) is 8.21. The molecule has 1 heterocycles. The zero-order valence-electron chi connectivity index (χ0n) is 18.7. The maximum Gasteiger partial charge on any atom is 0.161 e. The first kappa shape index (κ1) is 23.6. The van der Waals surface area contributed by atoms with Crippen molar-refractivity contribution in [3.05, 3.63) is 81.8 Å². The van der Waals surface area contributed by atoms with Crippen LogP contribution in [-0.2, 0) is 17.9 Å². The Morgan fingerprint density at radius 1 is 0.909 bits per heavy atom. The van der Waals surface area contributed by atoms with Crippen molar-refractivity contribution in [3.63, 3.8) is 0 Å². The van der Waals surface area contributed by atoms with Crippen LogP contribution in [0.1, 0.15) is 18.1 Å². The van der Waals surface area contributed by atoms with Gasteiger partial charge in [0.05, 0.1) is 30.5 Å². The Hall–Kier alpha value is -2.60. The van der Waals surface area contributed by atoms with Crippen LogP contribution in [0.4, 0.5) is 11.4 Å². The fraction of sp³-hybridized carbons (Fsp3) is 0.308. The van der Waals surface area contributed by atoms with Gasteiger partial charge in [-0.3, -0.25) is 0 Å². The van der Waals surface area contributed by atoms with Gasteiger partial charge in [-0.15, -0.1) is 0 Å². The topological polar surface area (TPSA) is 43.0 Å². The molecule has 0 bridgehead atoms. The molecule has 1 aliphatic heterocycles. The van der Waals surface area contributed by atoms with E-state index >= 15 is 0 Å². The molecule has 3 aromatic carbocycles. The lowest BCUT2D eigenvalue weighted by Crippen LogP contribution is -2.36. The molecule has 3 aromatic rings. The molecule has 1 N–H and O–H groups in total. The van der Waals surface area contributed by atoms with E-state index in [1.54, 1.807) is 0 Å². The molecule has 1 fully saturated rings. The fourth-order valence-electron chi connectivity index (χ4n) is 3.70. The van der Waals surface area contributed by atoms with Gasteiger partial charge in [0, 0.05) is 35.9 Å². The third-order valence-electron chi connectivity index (χ3n) is 5.45. The average Bonchev–Trinajstić information content (AvgIpc) is 2.84. The van der Waals surface area contributed by atoms with E-state index in [1.807, 2.05) is 55.5 Å². The highest BCUT2D eigenvalue weighted by Gasteiger charge is 2.14. The summed E-state index contributed by atoms with van der Waals surface area (Å²) >= 11 is 12.8. The van der Waals surface area contributed by atoms with Crippen LogP contribution in [0.2, 0.25) is 10.0 Å². The quantitative estimate of drug-likeness (QED) is 0.377. The lowest BCUT2D eigenvalue weighted by atomic mass is 10.2. The lowest BCUT2D eigenvalue weighted by molar-refractivity contribution is 0.122. The highest BCUT2D eigenvalue weighted by molar-refractivity contribution is 6.33. The minimum Gasteiger partial charge on any atom is -0.490 e. The van der Waals surface area contributed by atoms with Crippen molar-refractivity contribution in [2.75, 3.05) is 43.1 Å². The van der Waals surface area contributed by atoms with Crippen molar-refractivity contribution in [3.8, 4) is 11.5 Å². The summed E-state index contributed by atoms with van der Waals surface area (Å²) in [6.07, 6.45) is 0. The van der Waals surface area contributed by atoms with Crippen LogP contribution in [0, 0.1) is 0 Å². The van der Waals surface area contributed by atoms with Gasteiger partial charge in [0.25, 0.3) is 0 Å². The molecule has 4 rings (SSSR count). The predicted octanol–water partition coefficient (Wildman–Crippen LogP) is 6.42. The molecular weight excluding hydrogens is 459 g/mol. The summed E-state index contributed by atoms with van der Waals surface area (Å²) < 4.78 is 17.3. The van der Waals surface area contributed by atoms with Gasteiger partial charge in [0.2, 0.25) is 0 Å². The number of halogens is 2. The van der Waals surface area contributed by atoms with Crippen LogP contribution in [-0.4, -0.2) is 32.9 Å². The Morgan fingerprint density at radius 3 is 2.48 bits per heavy atom. The molecule has 0 atom stereocenters. The Morgan fingerprint density at radius 2 is 1.73 bits per heavy atom. The summed E-state index contributed by atoms with van der Waals surface area (Å²) in [5.74, 6) is 1.41. The number of nitrogens with zero attached hydrogens (tertiary/aromatic N) is 1. The smallest absolute Gasteiger partial charge is 0.161 e. The zero-order chi connectivity index (χ0) is 23.0. The molecule has 174 valence electrons. The number of hydrogen-bond donors (Lipinski definition) is 1. The van der Waals surface area contributed by atoms with Crippen molar-refractivity contribution >= 4 is 34.6 Å². The van der Waals surface area contributed by atoms with Gasteiger partial charge in [-0.05, 0) is 48.9 Å². The summed E-state index contributed by atoms with van der Waals surface area (Å²) in [5.41, 5.74) is 4.03. The number of anilines is 2. The fourth-order valence-corrected chi connectivity index (χ4v) is 4.19. The Labute approximate surface area is 205 Å². The van der Waals surface area contributed by atoms with Crippen molar-refractivity contribution < 1.29 is 14.2 Å². The molecule has 0 amide bonds. The maximum atomic E-state index is 6.56. The molecule has 0 aromatic heterocycles. The molecule has 5 nitrogen and oxygen atoms in total. The number of ether oxygens (including phenoxy) is 3.